The highest BCUT2D eigenvalue weighted by Crippen LogP contribution is 2.30. The van der Waals surface area contributed by atoms with Gasteiger partial charge in [-0.05, 0) is 37.1 Å². The van der Waals surface area contributed by atoms with Gasteiger partial charge in [0.25, 0.3) is 0 Å². The lowest BCUT2D eigenvalue weighted by Gasteiger charge is -2.21. The first-order chi connectivity index (χ1) is 11.0. The van der Waals surface area contributed by atoms with Crippen molar-refractivity contribution in [2.75, 3.05) is 6.61 Å². The second kappa shape index (κ2) is 7.49. The van der Waals surface area contributed by atoms with E-state index in [1.54, 1.807) is 0 Å². The van der Waals surface area contributed by atoms with Crippen LogP contribution in [0, 0.1) is 5.92 Å². The highest BCUT2D eigenvalue weighted by molar-refractivity contribution is 5.87. The number of nitrogens with two attached hydrogens (primary N) is 1. The first-order valence-electron chi connectivity index (χ1n) is 7.51. The number of carboxylic acid groups (broad SMARTS) is 1. The van der Waals surface area contributed by atoms with Gasteiger partial charge < -0.3 is 15.6 Å². The SMILES string of the molecule is CCOC1=CC(=Cc2ccccc2)C(C(N)=C(C)C(=O)O)C=C1. The molecule has 0 aliphatic heterocycles. The maximum atomic E-state index is 11.2. The van der Waals surface area contributed by atoms with Crippen LogP contribution in [0.5, 0.6) is 0 Å². The summed E-state index contributed by atoms with van der Waals surface area (Å²) in [5, 5.41) is 9.17. The van der Waals surface area contributed by atoms with Gasteiger partial charge in [-0.1, -0.05) is 42.5 Å². The van der Waals surface area contributed by atoms with Gasteiger partial charge in [0, 0.05) is 11.6 Å². The van der Waals surface area contributed by atoms with Crippen LogP contribution in [0.1, 0.15) is 19.4 Å². The Morgan fingerprint density at radius 3 is 2.65 bits per heavy atom. The van der Waals surface area contributed by atoms with Crippen LogP contribution in [-0.2, 0) is 9.53 Å². The molecular formula is C19H21NO3. The van der Waals surface area contributed by atoms with Crippen molar-refractivity contribution in [3.8, 4) is 0 Å². The number of benzene rings is 1. The van der Waals surface area contributed by atoms with E-state index in [1.165, 1.54) is 6.92 Å². The van der Waals surface area contributed by atoms with Gasteiger partial charge >= 0.3 is 5.97 Å². The first-order valence-corrected chi connectivity index (χ1v) is 7.51. The third-order valence-corrected chi connectivity index (χ3v) is 3.65. The molecule has 0 bridgehead atoms. The molecule has 23 heavy (non-hydrogen) atoms. The summed E-state index contributed by atoms with van der Waals surface area (Å²) >= 11 is 0. The molecule has 4 heteroatoms. The monoisotopic (exact) mass is 311 g/mol. The molecule has 2 rings (SSSR count). The highest BCUT2D eigenvalue weighted by atomic mass is 16.5. The topological polar surface area (TPSA) is 72.5 Å². The Kier molecular flexibility index (Phi) is 5.41. The average Bonchev–Trinajstić information content (AvgIpc) is 2.55. The van der Waals surface area contributed by atoms with E-state index in [-0.39, 0.29) is 11.5 Å². The third kappa shape index (κ3) is 4.13. The van der Waals surface area contributed by atoms with E-state index >= 15 is 0 Å². The number of hydrogen-bond donors (Lipinski definition) is 2. The number of allylic oxidation sites excluding steroid dienone is 3. The number of hydrogen-bond acceptors (Lipinski definition) is 3. The van der Waals surface area contributed by atoms with Crippen molar-refractivity contribution in [2.24, 2.45) is 11.7 Å². The molecule has 0 saturated carbocycles. The van der Waals surface area contributed by atoms with E-state index in [4.69, 9.17) is 10.5 Å². The molecule has 1 aliphatic rings. The Bertz CT molecular complexity index is 697. The number of ether oxygens (including phenoxy) is 1. The summed E-state index contributed by atoms with van der Waals surface area (Å²) in [5.41, 5.74) is 8.51. The fraction of sp³-hybridized carbons (Fsp3) is 0.211. The Balaban J connectivity index is 2.46. The Hall–Kier alpha value is -2.75. The van der Waals surface area contributed by atoms with Crippen molar-refractivity contribution in [3.63, 3.8) is 0 Å². The molecule has 0 radical (unpaired) electrons. The lowest BCUT2D eigenvalue weighted by Crippen LogP contribution is -2.19. The fourth-order valence-corrected chi connectivity index (χ4v) is 2.37. The van der Waals surface area contributed by atoms with Crippen molar-refractivity contribution >= 4 is 12.0 Å². The molecule has 1 unspecified atom stereocenters. The molecule has 1 aromatic rings. The van der Waals surface area contributed by atoms with Crippen LogP contribution in [-0.4, -0.2) is 17.7 Å². The van der Waals surface area contributed by atoms with E-state index in [1.807, 2.05) is 61.6 Å². The van der Waals surface area contributed by atoms with Gasteiger partial charge in [-0.25, -0.2) is 4.79 Å². The van der Waals surface area contributed by atoms with Gasteiger partial charge in [0.1, 0.15) is 5.76 Å². The molecule has 0 saturated heterocycles. The maximum absolute atomic E-state index is 11.2. The number of rotatable bonds is 5. The Morgan fingerprint density at radius 1 is 1.35 bits per heavy atom. The summed E-state index contributed by atoms with van der Waals surface area (Å²) in [6.07, 6.45) is 7.61. The molecule has 1 aliphatic carbocycles. The standard InChI is InChI=1S/C19H21NO3/c1-3-23-16-9-10-17(18(20)13(2)19(21)22)15(12-16)11-14-7-5-4-6-8-14/h4-12,17H,3,20H2,1-2H3,(H,21,22). The van der Waals surface area contributed by atoms with Crippen LogP contribution in [0.15, 0.2) is 71.2 Å². The zero-order chi connectivity index (χ0) is 16.8. The van der Waals surface area contributed by atoms with Crippen molar-refractivity contribution < 1.29 is 14.6 Å². The van der Waals surface area contributed by atoms with Gasteiger partial charge in [-0.3, -0.25) is 0 Å². The minimum Gasteiger partial charge on any atom is -0.494 e. The van der Waals surface area contributed by atoms with Gasteiger partial charge in [0.2, 0.25) is 0 Å². The molecule has 0 fully saturated rings. The molecule has 4 nitrogen and oxygen atoms in total. The van der Waals surface area contributed by atoms with Gasteiger partial charge in [-0.15, -0.1) is 0 Å². The van der Waals surface area contributed by atoms with Crippen LogP contribution in [0.3, 0.4) is 0 Å². The maximum Gasteiger partial charge on any atom is 0.333 e. The summed E-state index contributed by atoms with van der Waals surface area (Å²) < 4.78 is 5.55. The largest absolute Gasteiger partial charge is 0.494 e. The van der Waals surface area contributed by atoms with Gasteiger partial charge in [0.15, 0.2) is 0 Å². The smallest absolute Gasteiger partial charge is 0.333 e. The van der Waals surface area contributed by atoms with E-state index in [0.717, 1.165) is 16.9 Å². The molecule has 0 amide bonds. The minimum atomic E-state index is -1.01. The van der Waals surface area contributed by atoms with E-state index in [9.17, 15) is 9.90 Å². The van der Waals surface area contributed by atoms with Crippen LogP contribution >= 0.6 is 0 Å². The third-order valence-electron chi connectivity index (χ3n) is 3.65. The summed E-state index contributed by atoms with van der Waals surface area (Å²) in [6.45, 7) is 4.01. The second-order valence-electron chi connectivity index (χ2n) is 5.26. The minimum absolute atomic E-state index is 0.159. The van der Waals surface area contributed by atoms with Crippen LogP contribution in [0.2, 0.25) is 0 Å². The van der Waals surface area contributed by atoms with Crippen LogP contribution < -0.4 is 5.73 Å². The van der Waals surface area contributed by atoms with Crippen LogP contribution in [0.25, 0.3) is 6.08 Å². The molecule has 120 valence electrons. The molecular weight excluding hydrogens is 290 g/mol. The average molecular weight is 311 g/mol. The van der Waals surface area contributed by atoms with Crippen LogP contribution in [0.4, 0.5) is 0 Å². The molecule has 0 spiro atoms. The summed E-state index contributed by atoms with van der Waals surface area (Å²) in [6, 6.07) is 9.83. The zero-order valence-electron chi connectivity index (χ0n) is 13.3. The molecule has 1 aromatic carbocycles. The van der Waals surface area contributed by atoms with Gasteiger partial charge in [-0.2, -0.15) is 0 Å². The number of carboxylic acids is 1. The molecule has 0 aromatic heterocycles. The van der Waals surface area contributed by atoms with Crippen molar-refractivity contribution in [3.05, 3.63) is 76.7 Å². The first kappa shape index (κ1) is 16.6. The van der Waals surface area contributed by atoms with E-state index < -0.39 is 5.97 Å². The van der Waals surface area contributed by atoms with Crippen molar-refractivity contribution in [1.82, 2.24) is 0 Å². The molecule has 1 atom stereocenters. The second-order valence-corrected chi connectivity index (χ2v) is 5.26. The predicted molar refractivity (Wildman–Crippen MR) is 91.3 cm³/mol. The normalized spacial score (nSPS) is 20.0. The summed E-state index contributed by atoms with van der Waals surface area (Å²) in [7, 11) is 0. The Morgan fingerprint density at radius 2 is 2.04 bits per heavy atom. The molecule has 3 N–H and O–H groups in total. The van der Waals surface area contributed by atoms with E-state index in [0.29, 0.717) is 12.3 Å². The number of aliphatic carboxylic acids is 1. The zero-order valence-corrected chi connectivity index (χ0v) is 13.3. The van der Waals surface area contributed by atoms with Crippen molar-refractivity contribution in [1.29, 1.82) is 0 Å². The Labute approximate surface area is 136 Å². The summed E-state index contributed by atoms with van der Waals surface area (Å²) in [5.74, 6) is -0.545. The predicted octanol–water partition coefficient (Wildman–Crippen LogP) is 3.49. The van der Waals surface area contributed by atoms with Gasteiger partial charge in [0.05, 0.1) is 12.2 Å². The van der Waals surface area contributed by atoms with E-state index in [2.05, 4.69) is 0 Å². The quantitative estimate of drug-likeness (QED) is 0.816. The number of carbonyl (C=O) groups is 1. The fourth-order valence-electron chi connectivity index (χ4n) is 2.37. The lowest BCUT2D eigenvalue weighted by molar-refractivity contribution is -0.132. The highest BCUT2D eigenvalue weighted by Gasteiger charge is 2.21. The molecule has 0 heterocycles. The summed E-state index contributed by atoms with van der Waals surface area (Å²) in [4.78, 5) is 11.2. The lowest BCUT2D eigenvalue weighted by atomic mass is 9.88. The van der Waals surface area contributed by atoms with Crippen molar-refractivity contribution in [2.45, 2.75) is 13.8 Å².